The molecule has 1 aliphatic heterocycles. The number of rotatable bonds is 5. The second-order valence-electron chi connectivity index (χ2n) is 5.39. The fourth-order valence-electron chi connectivity index (χ4n) is 2.47. The minimum Gasteiger partial charge on any atom is -0.465 e. The fraction of sp³-hybridized carbons (Fsp3) is 0.533. The van der Waals surface area contributed by atoms with E-state index >= 15 is 0 Å². The van der Waals surface area contributed by atoms with Gasteiger partial charge in [0.25, 0.3) is 0 Å². The Labute approximate surface area is 119 Å². The molecule has 1 N–H and O–H groups in total. The van der Waals surface area contributed by atoms with Gasteiger partial charge in [0, 0.05) is 6.61 Å². The Bertz CT molecular complexity index is 446. The van der Waals surface area contributed by atoms with Crippen LogP contribution >= 0.6 is 0 Å². The molecule has 5 nitrogen and oxygen atoms in total. The second-order valence-corrected chi connectivity index (χ2v) is 5.39. The molecule has 0 aliphatic carbocycles. The summed E-state index contributed by atoms with van der Waals surface area (Å²) in [5, 5.41) is 9.26. The smallest absolute Gasteiger partial charge is 0.409 e. The molecule has 1 saturated heterocycles. The van der Waals surface area contributed by atoms with Gasteiger partial charge in [0.1, 0.15) is 5.72 Å². The maximum Gasteiger partial charge on any atom is 0.409 e. The number of carbonyl (C=O) groups is 1. The lowest BCUT2D eigenvalue weighted by Gasteiger charge is -2.30. The van der Waals surface area contributed by atoms with E-state index in [2.05, 4.69) is 0 Å². The third-order valence-corrected chi connectivity index (χ3v) is 3.49. The summed E-state index contributed by atoms with van der Waals surface area (Å²) >= 11 is 0. The summed E-state index contributed by atoms with van der Waals surface area (Å²) in [6, 6.07) is 9.78. The summed E-state index contributed by atoms with van der Waals surface area (Å²) in [6.07, 6.45) is -0.302. The lowest BCUT2D eigenvalue weighted by Crippen LogP contribution is -2.47. The number of nitrogens with zero attached hydrogens (tertiary/aromatic N) is 1. The molecule has 1 aromatic rings. The summed E-state index contributed by atoms with van der Waals surface area (Å²) in [7, 11) is 0. The summed E-state index contributed by atoms with van der Waals surface area (Å²) < 4.78 is 11.1. The van der Waals surface area contributed by atoms with Crippen molar-refractivity contribution in [3.8, 4) is 0 Å². The van der Waals surface area contributed by atoms with E-state index < -0.39 is 11.8 Å². The van der Waals surface area contributed by atoms with Crippen molar-refractivity contribution in [2.75, 3.05) is 13.2 Å². The van der Waals surface area contributed by atoms with E-state index in [-0.39, 0.29) is 6.04 Å². The van der Waals surface area contributed by atoms with Crippen LogP contribution in [0.15, 0.2) is 30.3 Å². The average molecular weight is 279 g/mol. The van der Waals surface area contributed by atoms with Gasteiger partial charge in [0.05, 0.1) is 19.3 Å². The topological polar surface area (TPSA) is 59.0 Å². The number of benzene rings is 1. The minimum atomic E-state index is -0.944. The lowest BCUT2D eigenvalue weighted by atomic mass is 10.2. The lowest BCUT2D eigenvalue weighted by molar-refractivity contribution is -0.0427. The summed E-state index contributed by atoms with van der Waals surface area (Å²) in [5.74, 6) is 0. The van der Waals surface area contributed by atoms with Crippen molar-refractivity contribution >= 4 is 6.09 Å². The first-order valence-electron chi connectivity index (χ1n) is 6.78. The maximum absolute atomic E-state index is 11.3. The van der Waals surface area contributed by atoms with Gasteiger partial charge in [0.2, 0.25) is 0 Å². The summed E-state index contributed by atoms with van der Waals surface area (Å²) in [4.78, 5) is 12.7. The largest absolute Gasteiger partial charge is 0.465 e. The molecule has 1 amide bonds. The van der Waals surface area contributed by atoms with E-state index in [0.29, 0.717) is 26.2 Å². The Morgan fingerprint density at radius 3 is 2.80 bits per heavy atom. The SMILES string of the molecule is CC1(C)OC[C@H](CCOCc2ccccc2)N1C(=O)O. The molecule has 0 spiro atoms. The van der Waals surface area contributed by atoms with E-state index in [1.165, 1.54) is 4.90 Å². The van der Waals surface area contributed by atoms with Crippen LogP contribution in [0, 0.1) is 0 Å². The van der Waals surface area contributed by atoms with Crippen LogP contribution in [0.3, 0.4) is 0 Å². The van der Waals surface area contributed by atoms with Crippen LogP contribution in [0.2, 0.25) is 0 Å². The van der Waals surface area contributed by atoms with Gasteiger partial charge < -0.3 is 14.6 Å². The maximum atomic E-state index is 11.3. The van der Waals surface area contributed by atoms with Crippen LogP contribution in [0.1, 0.15) is 25.8 Å². The van der Waals surface area contributed by atoms with Crippen molar-refractivity contribution in [2.24, 2.45) is 0 Å². The van der Waals surface area contributed by atoms with Gasteiger partial charge in [-0.05, 0) is 25.8 Å². The first kappa shape index (κ1) is 14.8. The minimum absolute atomic E-state index is 0.140. The fourth-order valence-corrected chi connectivity index (χ4v) is 2.47. The van der Waals surface area contributed by atoms with Crippen molar-refractivity contribution in [1.82, 2.24) is 4.90 Å². The van der Waals surface area contributed by atoms with E-state index in [1.807, 2.05) is 30.3 Å². The average Bonchev–Trinajstić information content (AvgIpc) is 2.71. The van der Waals surface area contributed by atoms with Gasteiger partial charge in [-0.1, -0.05) is 30.3 Å². The van der Waals surface area contributed by atoms with E-state index in [4.69, 9.17) is 9.47 Å². The third-order valence-electron chi connectivity index (χ3n) is 3.49. The Morgan fingerprint density at radius 1 is 1.45 bits per heavy atom. The quantitative estimate of drug-likeness (QED) is 0.842. The highest BCUT2D eigenvalue weighted by Crippen LogP contribution is 2.28. The normalized spacial score (nSPS) is 21.1. The van der Waals surface area contributed by atoms with Crippen LogP contribution in [0.4, 0.5) is 4.79 Å². The highest BCUT2D eigenvalue weighted by Gasteiger charge is 2.43. The number of amides is 1. The zero-order valence-corrected chi connectivity index (χ0v) is 11.9. The van der Waals surface area contributed by atoms with Crippen LogP contribution in [0.25, 0.3) is 0 Å². The molecule has 5 heteroatoms. The predicted octanol–water partition coefficient (Wildman–Crippen LogP) is 2.71. The van der Waals surface area contributed by atoms with Crippen molar-refractivity contribution < 1.29 is 19.4 Å². The van der Waals surface area contributed by atoms with Crippen LogP contribution in [-0.4, -0.2) is 41.1 Å². The molecular weight excluding hydrogens is 258 g/mol. The standard InChI is InChI=1S/C15H21NO4/c1-15(2)16(14(17)18)13(11-20-15)8-9-19-10-12-6-4-3-5-7-12/h3-7,13H,8-11H2,1-2H3,(H,17,18)/t13-/m0/s1. The molecule has 1 aromatic carbocycles. The monoisotopic (exact) mass is 279 g/mol. The zero-order chi connectivity index (χ0) is 14.6. The molecule has 0 aromatic heterocycles. The zero-order valence-electron chi connectivity index (χ0n) is 11.9. The molecule has 0 unspecified atom stereocenters. The Balaban J connectivity index is 1.78. The first-order valence-corrected chi connectivity index (χ1v) is 6.78. The molecule has 0 bridgehead atoms. The Morgan fingerprint density at radius 2 is 2.15 bits per heavy atom. The van der Waals surface area contributed by atoms with Gasteiger partial charge in [-0.2, -0.15) is 0 Å². The molecule has 20 heavy (non-hydrogen) atoms. The number of ether oxygens (including phenoxy) is 2. The number of carboxylic acid groups (broad SMARTS) is 1. The molecule has 1 aliphatic rings. The molecule has 2 rings (SSSR count). The molecule has 0 radical (unpaired) electrons. The molecular formula is C15H21NO4. The van der Waals surface area contributed by atoms with E-state index in [9.17, 15) is 9.90 Å². The van der Waals surface area contributed by atoms with Crippen molar-refractivity contribution in [2.45, 2.75) is 38.6 Å². The highest BCUT2D eigenvalue weighted by atomic mass is 16.5. The van der Waals surface area contributed by atoms with E-state index in [1.54, 1.807) is 13.8 Å². The van der Waals surface area contributed by atoms with Crippen LogP contribution in [-0.2, 0) is 16.1 Å². The molecule has 1 fully saturated rings. The van der Waals surface area contributed by atoms with Gasteiger partial charge in [0.15, 0.2) is 0 Å². The summed E-state index contributed by atoms with van der Waals surface area (Å²) in [6.45, 7) is 5.03. The van der Waals surface area contributed by atoms with Crippen LogP contribution < -0.4 is 0 Å². The highest BCUT2D eigenvalue weighted by molar-refractivity contribution is 5.66. The van der Waals surface area contributed by atoms with Crippen molar-refractivity contribution in [1.29, 1.82) is 0 Å². The third kappa shape index (κ3) is 3.49. The molecule has 1 heterocycles. The molecule has 0 saturated carbocycles. The van der Waals surface area contributed by atoms with E-state index in [0.717, 1.165) is 5.56 Å². The molecule has 110 valence electrons. The number of hydrogen-bond donors (Lipinski definition) is 1. The predicted molar refractivity (Wildman–Crippen MR) is 74.4 cm³/mol. The first-order chi connectivity index (χ1) is 9.50. The van der Waals surface area contributed by atoms with Gasteiger partial charge in [-0.25, -0.2) is 4.79 Å². The van der Waals surface area contributed by atoms with Crippen molar-refractivity contribution in [3.05, 3.63) is 35.9 Å². The molecule has 1 atom stereocenters. The number of hydrogen-bond acceptors (Lipinski definition) is 3. The Hall–Kier alpha value is -1.59. The van der Waals surface area contributed by atoms with Gasteiger partial charge in [-0.3, -0.25) is 4.90 Å². The Kier molecular flexibility index (Phi) is 4.62. The van der Waals surface area contributed by atoms with Gasteiger partial charge >= 0.3 is 6.09 Å². The summed E-state index contributed by atoms with van der Waals surface area (Å²) in [5.41, 5.74) is 0.362. The van der Waals surface area contributed by atoms with Crippen LogP contribution in [0.5, 0.6) is 0 Å². The van der Waals surface area contributed by atoms with Gasteiger partial charge in [-0.15, -0.1) is 0 Å². The van der Waals surface area contributed by atoms with Crippen molar-refractivity contribution in [3.63, 3.8) is 0 Å². The second kappa shape index (κ2) is 6.24.